The van der Waals surface area contributed by atoms with Crippen molar-refractivity contribution in [2.75, 3.05) is 13.1 Å². The molecule has 0 unspecified atom stereocenters. The predicted molar refractivity (Wildman–Crippen MR) is 91.4 cm³/mol. The van der Waals surface area contributed by atoms with E-state index in [9.17, 15) is 9.18 Å². The van der Waals surface area contributed by atoms with Gasteiger partial charge in [0.05, 0.1) is 6.42 Å². The number of carbonyl (C=O) groups excluding carboxylic acids is 1. The molecule has 6 nitrogen and oxygen atoms in total. The average molecular weight is 352 g/mol. The lowest BCUT2D eigenvalue weighted by Gasteiger charge is -2.38. The second kappa shape index (κ2) is 7.03. The Bertz CT molecular complexity index is 907. The Morgan fingerprint density at radius 1 is 1.23 bits per heavy atom. The van der Waals surface area contributed by atoms with Crippen molar-refractivity contribution < 1.29 is 13.7 Å². The van der Waals surface area contributed by atoms with E-state index in [1.54, 1.807) is 35.5 Å². The van der Waals surface area contributed by atoms with Gasteiger partial charge in [-0.25, -0.2) is 4.39 Å². The van der Waals surface area contributed by atoms with Gasteiger partial charge in [-0.2, -0.15) is 4.98 Å². The van der Waals surface area contributed by atoms with Crippen molar-refractivity contribution in [1.82, 2.24) is 20.0 Å². The molecule has 1 aliphatic rings. The molecule has 0 spiro atoms. The van der Waals surface area contributed by atoms with Crippen molar-refractivity contribution in [3.8, 4) is 11.4 Å². The van der Waals surface area contributed by atoms with Crippen molar-refractivity contribution in [1.29, 1.82) is 0 Å². The summed E-state index contributed by atoms with van der Waals surface area (Å²) in [6, 6.07) is 10.1. The molecule has 1 aromatic carbocycles. The zero-order valence-electron chi connectivity index (χ0n) is 14.0. The molecule has 0 aliphatic carbocycles. The SMILES string of the molecule is O=C(Cc1ccccc1F)N1CC(Cc2nc(-c3cccnc3)no2)C1. The fourth-order valence-electron chi connectivity index (χ4n) is 3.02. The summed E-state index contributed by atoms with van der Waals surface area (Å²) in [6.07, 6.45) is 4.08. The molecule has 3 aromatic rings. The number of rotatable bonds is 5. The standard InChI is InChI=1S/C19H17FN4O2/c20-16-6-2-1-4-14(16)9-18(25)24-11-13(12-24)8-17-22-19(23-26-17)15-5-3-7-21-10-15/h1-7,10,13H,8-9,11-12H2. The normalized spacial score (nSPS) is 14.3. The van der Waals surface area contributed by atoms with Gasteiger partial charge in [-0.1, -0.05) is 23.4 Å². The van der Waals surface area contributed by atoms with Gasteiger partial charge in [-0.3, -0.25) is 9.78 Å². The molecular weight excluding hydrogens is 335 g/mol. The number of halogens is 1. The first-order valence-corrected chi connectivity index (χ1v) is 8.43. The van der Waals surface area contributed by atoms with Gasteiger partial charge in [-0.15, -0.1) is 0 Å². The van der Waals surface area contributed by atoms with E-state index < -0.39 is 0 Å². The first-order chi connectivity index (χ1) is 12.7. The molecule has 0 bridgehead atoms. The third-order valence-corrected chi connectivity index (χ3v) is 4.46. The summed E-state index contributed by atoms with van der Waals surface area (Å²) in [5.41, 5.74) is 1.23. The lowest BCUT2D eigenvalue weighted by atomic mass is 9.95. The molecule has 4 rings (SSSR count). The molecular formula is C19H17FN4O2. The van der Waals surface area contributed by atoms with Crippen LogP contribution in [0.25, 0.3) is 11.4 Å². The summed E-state index contributed by atoms with van der Waals surface area (Å²) in [4.78, 5) is 22.4. The summed E-state index contributed by atoms with van der Waals surface area (Å²) in [5.74, 6) is 0.941. The minimum Gasteiger partial charge on any atom is -0.342 e. The molecule has 1 saturated heterocycles. The third-order valence-electron chi connectivity index (χ3n) is 4.46. The van der Waals surface area contributed by atoms with Gasteiger partial charge in [0.15, 0.2) is 0 Å². The smallest absolute Gasteiger partial charge is 0.227 e. The molecule has 1 amide bonds. The third kappa shape index (κ3) is 3.46. The molecule has 2 aromatic heterocycles. The van der Waals surface area contributed by atoms with Crippen molar-refractivity contribution in [2.45, 2.75) is 12.8 Å². The molecule has 1 aliphatic heterocycles. The van der Waals surface area contributed by atoms with Gasteiger partial charge in [0.25, 0.3) is 0 Å². The maximum atomic E-state index is 13.6. The van der Waals surface area contributed by atoms with Crippen LogP contribution in [0.5, 0.6) is 0 Å². The van der Waals surface area contributed by atoms with Crippen LogP contribution in [0.15, 0.2) is 53.3 Å². The van der Waals surface area contributed by atoms with Gasteiger partial charge in [-0.05, 0) is 23.8 Å². The van der Waals surface area contributed by atoms with Crippen molar-refractivity contribution in [3.05, 3.63) is 66.1 Å². The lowest BCUT2D eigenvalue weighted by molar-refractivity contribution is -0.136. The Balaban J connectivity index is 1.30. The van der Waals surface area contributed by atoms with Crippen LogP contribution in [-0.2, 0) is 17.6 Å². The Kier molecular flexibility index (Phi) is 4.43. The van der Waals surface area contributed by atoms with E-state index in [2.05, 4.69) is 15.1 Å². The van der Waals surface area contributed by atoms with Gasteiger partial charge in [0.2, 0.25) is 17.6 Å². The Morgan fingerprint density at radius 2 is 2.08 bits per heavy atom. The number of amides is 1. The summed E-state index contributed by atoms with van der Waals surface area (Å²) in [7, 11) is 0. The van der Waals surface area contributed by atoms with Crippen LogP contribution in [0.2, 0.25) is 0 Å². The van der Waals surface area contributed by atoms with Gasteiger partial charge < -0.3 is 9.42 Å². The second-order valence-corrected chi connectivity index (χ2v) is 6.39. The first-order valence-electron chi connectivity index (χ1n) is 8.43. The van der Waals surface area contributed by atoms with Crippen molar-refractivity contribution in [2.24, 2.45) is 5.92 Å². The highest BCUT2D eigenvalue weighted by Gasteiger charge is 2.32. The number of likely N-dealkylation sites (tertiary alicyclic amines) is 1. The average Bonchev–Trinajstić information content (AvgIpc) is 3.09. The van der Waals surface area contributed by atoms with Gasteiger partial charge >= 0.3 is 0 Å². The highest BCUT2D eigenvalue weighted by Crippen LogP contribution is 2.22. The minimum atomic E-state index is -0.341. The predicted octanol–water partition coefficient (Wildman–Crippen LogP) is 2.51. The first kappa shape index (κ1) is 16.4. The van der Waals surface area contributed by atoms with E-state index in [1.165, 1.54) is 6.07 Å². The summed E-state index contributed by atoms with van der Waals surface area (Å²) < 4.78 is 18.9. The monoisotopic (exact) mass is 352 g/mol. The highest BCUT2D eigenvalue weighted by molar-refractivity contribution is 5.79. The summed E-state index contributed by atoms with van der Waals surface area (Å²) in [5, 5.41) is 3.97. The van der Waals surface area contributed by atoms with Crippen LogP contribution in [0.4, 0.5) is 4.39 Å². The summed E-state index contributed by atoms with van der Waals surface area (Å²) >= 11 is 0. The highest BCUT2D eigenvalue weighted by atomic mass is 19.1. The number of hydrogen-bond acceptors (Lipinski definition) is 5. The molecule has 0 N–H and O–H groups in total. The van der Waals surface area contributed by atoms with Crippen LogP contribution < -0.4 is 0 Å². The maximum Gasteiger partial charge on any atom is 0.227 e. The summed E-state index contributed by atoms with van der Waals surface area (Å²) in [6.45, 7) is 1.25. The van der Waals surface area contributed by atoms with Crippen LogP contribution in [0, 0.1) is 11.7 Å². The molecule has 0 saturated carbocycles. The number of aromatic nitrogens is 3. The van der Waals surface area contributed by atoms with Crippen molar-refractivity contribution >= 4 is 5.91 Å². The quantitative estimate of drug-likeness (QED) is 0.705. The molecule has 3 heterocycles. The van der Waals surface area contributed by atoms with E-state index in [1.807, 2.05) is 12.1 Å². The van der Waals surface area contributed by atoms with Crippen LogP contribution in [0.3, 0.4) is 0 Å². The molecule has 0 atom stereocenters. The topological polar surface area (TPSA) is 72.1 Å². The molecule has 26 heavy (non-hydrogen) atoms. The van der Waals surface area contributed by atoms with E-state index in [4.69, 9.17) is 4.52 Å². The minimum absolute atomic E-state index is 0.0621. The maximum absolute atomic E-state index is 13.6. The Morgan fingerprint density at radius 3 is 2.85 bits per heavy atom. The Hall–Kier alpha value is -3.09. The lowest BCUT2D eigenvalue weighted by Crippen LogP contribution is -2.51. The molecule has 1 fully saturated rings. The van der Waals surface area contributed by atoms with Crippen LogP contribution in [0.1, 0.15) is 11.5 Å². The largest absolute Gasteiger partial charge is 0.342 e. The second-order valence-electron chi connectivity index (χ2n) is 6.39. The molecule has 7 heteroatoms. The van der Waals surface area contributed by atoms with E-state index in [-0.39, 0.29) is 24.1 Å². The van der Waals surface area contributed by atoms with E-state index >= 15 is 0 Å². The van der Waals surface area contributed by atoms with Crippen LogP contribution >= 0.6 is 0 Å². The fraction of sp³-hybridized carbons (Fsp3) is 0.263. The zero-order valence-corrected chi connectivity index (χ0v) is 14.0. The van der Waals surface area contributed by atoms with Crippen molar-refractivity contribution in [3.63, 3.8) is 0 Å². The molecule has 0 radical (unpaired) electrons. The van der Waals surface area contributed by atoms with Gasteiger partial charge in [0, 0.05) is 43.4 Å². The number of carbonyl (C=O) groups is 1. The molecule has 132 valence electrons. The fourth-order valence-corrected chi connectivity index (χ4v) is 3.02. The van der Waals surface area contributed by atoms with Crippen LogP contribution in [-0.4, -0.2) is 39.0 Å². The van der Waals surface area contributed by atoms with E-state index in [0.29, 0.717) is 36.8 Å². The van der Waals surface area contributed by atoms with Gasteiger partial charge in [0.1, 0.15) is 5.82 Å². The zero-order chi connectivity index (χ0) is 17.9. The Labute approximate surface area is 149 Å². The number of pyridine rings is 1. The number of benzene rings is 1. The van der Waals surface area contributed by atoms with E-state index in [0.717, 1.165) is 5.56 Å². The number of nitrogens with zero attached hydrogens (tertiary/aromatic N) is 4. The number of hydrogen-bond donors (Lipinski definition) is 0.